The minimum Gasteiger partial charge on any atom is -0.398 e. The first-order valence-corrected chi connectivity index (χ1v) is 6.16. The summed E-state index contributed by atoms with van der Waals surface area (Å²) in [7, 11) is 0. The lowest BCUT2D eigenvalue weighted by atomic mass is 10.1. The molecule has 0 bridgehead atoms. The van der Waals surface area contributed by atoms with Gasteiger partial charge < -0.3 is 11.1 Å². The summed E-state index contributed by atoms with van der Waals surface area (Å²) in [5.74, 6) is 0.242. The Morgan fingerprint density at radius 2 is 2.00 bits per heavy atom. The highest BCUT2D eigenvalue weighted by molar-refractivity contribution is 9.10. The highest BCUT2D eigenvalue weighted by atomic mass is 79.9. The molecule has 4 nitrogen and oxygen atoms in total. The zero-order valence-corrected chi connectivity index (χ0v) is 11.4. The smallest absolute Gasteiger partial charge is 0.258 e. The van der Waals surface area contributed by atoms with Gasteiger partial charge in [0.2, 0.25) is 0 Å². The Labute approximate surface area is 113 Å². The fourth-order valence-corrected chi connectivity index (χ4v) is 1.72. The fourth-order valence-electron chi connectivity index (χ4n) is 1.50. The number of aryl methyl sites for hydroxylation is 1. The maximum Gasteiger partial charge on any atom is 0.258 e. The van der Waals surface area contributed by atoms with Crippen LogP contribution in [0.2, 0.25) is 0 Å². The van der Waals surface area contributed by atoms with E-state index in [1.165, 1.54) is 0 Å². The van der Waals surface area contributed by atoms with Gasteiger partial charge in [0.25, 0.3) is 5.91 Å². The molecular weight excluding hydrogens is 294 g/mol. The number of anilines is 2. The molecule has 2 aromatic rings. The summed E-state index contributed by atoms with van der Waals surface area (Å²) < 4.78 is 0.903. The normalized spacial score (nSPS) is 10.1. The largest absolute Gasteiger partial charge is 0.398 e. The van der Waals surface area contributed by atoms with E-state index in [9.17, 15) is 4.79 Å². The van der Waals surface area contributed by atoms with Crippen LogP contribution in [-0.2, 0) is 0 Å². The van der Waals surface area contributed by atoms with Gasteiger partial charge in [-0.2, -0.15) is 0 Å². The summed E-state index contributed by atoms with van der Waals surface area (Å²) in [5, 5.41) is 2.72. The number of rotatable bonds is 2. The van der Waals surface area contributed by atoms with Crippen LogP contribution in [-0.4, -0.2) is 10.9 Å². The van der Waals surface area contributed by atoms with Crippen molar-refractivity contribution in [2.24, 2.45) is 0 Å². The number of carbonyl (C=O) groups excluding carboxylic acids is 1. The van der Waals surface area contributed by atoms with Crippen LogP contribution >= 0.6 is 15.9 Å². The molecule has 0 saturated carbocycles. The third-order valence-corrected chi connectivity index (χ3v) is 3.31. The van der Waals surface area contributed by atoms with E-state index in [0.29, 0.717) is 17.1 Å². The SMILES string of the molecule is Cc1nc(NC(=O)c2ccccc2N)ccc1Br. The molecule has 0 radical (unpaired) electrons. The summed E-state index contributed by atoms with van der Waals surface area (Å²) in [5.41, 5.74) is 7.45. The molecule has 3 N–H and O–H groups in total. The van der Waals surface area contributed by atoms with E-state index in [4.69, 9.17) is 5.73 Å². The van der Waals surface area contributed by atoms with Gasteiger partial charge in [-0.05, 0) is 47.1 Å². The number of aromatic nitrogens is 1. The Balaban J connectivity index is 2.22. The third kappa shape index (κ3) is 2.68. The monoisotopic (exact) mass is 305 g/mol. The topological polar surface area (TPSA) is 68.0 Å². The number of pyridine rings is 1. The molecule has 0 fully saturated rings. The van der Waals surface area contributed by atoms with Gasteiger partial charge in [-0.25, -0.2) is 4.98 Å². The van der Waals surface area contributed by atoms with E-state index in [1.54, 1.807) is 30.3 Å². The Morgan fingerprint density at radius 3 is 2.67 bits per heavy atom. The van der Waals surface area contributed by atoms with Crippen molar-refractivity contribution in [1.29, 1.82) is 0 Å². The first-order chi connectivity index (χ1) is 8.58. The lowest BCUT2D eigenvalue weighted by molar-refractivity contribution is 0.102. The van der Waals surface area contributed by atoms with Crippen molar-refractivity contribution >= 4 is 33.3 Å². The molecule has 2 rings (SSSR count). The fraction of sp³-hybridized carbons (Fsp3) is 0.0769. The van der Waals surface area contributed by atoms with Crippen molar-refractivity contribution < 1.29 is 4.79 Å². The second kappa shape index (κ2) is 5.18. The molecule has 0 spiro atoms. The lowest BCUT2D eigenvalue weighted by Crippen LogP contribution is -2.15. The average molecular weight is 306 g/mol. The highest BCUT2D eigenvalue weighted by Gasteiger charge is 2.10. The van der Waals surface area contributed by atoms with Gasteiger partial charge in [0.1, 0.15) is 5.82 Å². The molecule has 0 atom stereocenters. The average Bonchev–Trinajstić information content (AvgIpc) is 2.34. The maximum absolute atomic E-state index is 12.0. The van der Waals surface area contributed by atoms with Crippen LogP contribution in [0, 0.1) is 6.92 Å². The van der Waals surface area contributed by atoms with E-state index in [-0.39, 0.29) is 5.91 Å². The molecular formula is C13H12BrN3O. The highest BCUT2D eigenvalue weighted by Crippen LogP contribution is 2.17. The van der Waals surface area contributed by atoms with Crippen LogP contribution in [0.4, 0.5) is 11.5 Å². The van der Waals surface area contributed by atoms with Crippen molar-refractivity contribution in [2.45, 2.75) is 6.92 Å². The number of halogens is 1. The number of hydrogen-bond acceptors (Lipinski definition) is 3. The number of amides is 1. The molecule has 0 aliphatic heterocycles. The third-order valence-electron chi connectivity index (χ3n) is 2.47. The van der Waals surface area contributed by atoms with Crippen LogP contribution < -0.4 is 11.1 Å². The van der Waals surface area contributed by atoms with Crippen molar-refractivity contribution in [2.75, 3.05) is 11.1 Å². The quantitative estimate of drug-likeness (QED) is 0.838. The minimum atomic E-state index is -0.262. The molecule has 92 valence electrons. The van der Waals surface area contributed by atoms with Crippen LogP contribution in [0.15, 0.2) is 40.9 Å². The zero-order valence-electron chi connectivity index (χ0n) is 9.77. The Morgan fingerprint density at radius 1 is 1.28 bits per heavy atom. The molecule has 1 amide bonds. The minimum absolute atomic E-state index is 0.262. The second-order valence-electron chi connectivity index (χ2n) is 3.81. The molecule has 18 heavy (non-hydrogen) atoms. The number of nitrogens with zero attached hydrogens (tertiary/aromatic N) is 1. The van der Waals surface area contributed by atoms with Crippen molar-refractivity contribution in [1.82, 2.24) is 4.98 Å². The van der Waals surface area contributed by atoms with Crippen molar-refractivity contribution in [3.63, 3.8) is 0 Å². The van der Waals surface area contributed by atoms with Crippen LogP contribution in [0.1, 0.15) is 16.1 Å². The number of nitrogen functional groups attached to an aromatic ring is 1. The van der Waals surface area contributed by atoms with Crippen LogP contribution in [0.5, 0.6) is 0 Å². The summed E-state index contributed by atoms with van der Waals surface area (Å²) in [6, 6.07) is 10.5. The summed E-state index contributed by atoms with van der Waals surface area (Å²) in [6.45, 7) is 1.86. The Bertz CT molecular complexity index is 599. The molecule has 1 aromatic carbocycles. The van der Waals surface area contributed by atoms with E-state index >= 15 is 0 Å². The number of nitrogens with one attached hydrogen (secondary N) is 1. The predicted molar refractivity (Wildman–Crippen MR) is 75.5 cm³/mol. The van der Waals surface area contributed by atoms with E-state index < -0.39 is 0 Å². The van der Waals surface area contributed by atoms with Gasteiger partial charge in [0, 0.05) is 10.2 Å². The standard InChI is InChI=1S/C13H12BrN3O/c1-8-10(14)6-7-12(16-8)17-13(18)9-4-2-3-5-11(9)15/h2-7H,15H2,1H3,(H,16,17,18). The molecule has 1 aromatic heterocycles. The van der Waals surface area contributed by atoms with Crippen LogP contribution in [0.25, 0.3) is 0 Å². The summed E-state index contributed by atoms with van der Waals surface area (Å²) in [6.07, 6.45) is 0. The van der Waals surface area contributed by atoms with E-state index in [2.05, 4.69) is 26.2 Å². The predicted octanol–water partition coefficient (Wildman–Crippen LogP) is 2.99. The van der Waals surface area contributed by atoms with Gasteiger partial charge in [-0.15, -0.1) is 0 Å². The first kappa shape index (κ1) is 12.6. The molecule has 0 unspecified atom stereocenters. The molecule has 0 aliphatic rings. The van der Waals surface area contributed by atoms with Gasteiger partial charge in [0.15, 0.2) is 0 Å². The van der Waals surface area contributed by atoms with E-state index in [0.717, 1.165) is 10.2 Å². The van der Waals surface area contributed by atoms with Gasteiger partial charge in [-0.3, -0.25) is 4.79 Å². The summed E-state index contributed by atoms with van der Waals surface area (Å²) >= 11 is 3.36. The lowest BCUT2D eigenvalue weighted by Gasteiger charge is -2.07. The number of nitrogens with two attached hydrogens (primary N) is 1. The Kier molecular flexibility index (Phi) is 3.62. The van der Waals surface area contributed by atoms with E-state index in [1.807, 2.05) is 13.0 Å². The van der Waals surface area contributed by atoms with Crippen molar-refractivity contribution in [3.05, 3.63) is 52.1 Å². The summed E-state index contributed by atoms with van der Waals surface area (Å²) in [4.78, 5) is 16.2. The molecule has 1 heterocycles. The van der Waals surface area contributed by atoms with Gasteiger partial charge >= 0.3 is 0 Å². The van der Waals surface area contributed by atoms with Gasteiger partial charge in [0.05, 0.1) is 11.3 Å². The van der Waals surface area contributed by atoms with Crippen molar-refractivity contribution in [3.8, 4) is 0 Å². The number of benzene rings is 1. The Hall–Kier alpha value is -1.88. The second-order valence-corrected chi connectivity index (χ2v) is 4.66. The molecule has 0 saturated heterocycles. The molecule has 5 heteroatoms. The molecule has 0 aliphatic carbocycles. The number of para-hydroxylation sites is 1. The number of carbonyl (C=O) groups is 1. The van der Waals surface area contributed by atoms with Gasteiger partial charge in [-0.1, -0.05) is 12.1 Å². The zero-order chi connectivity index (χ0) is 13.1. The first-order valence-electron chi connectivity index (χ1n) is 5.37. The maximum atomic E-state index is 12.0. The number of hydrogen-bond donors (Lipinski definition) is 2. The van der Waals surface area contributed by atoms with Crippen LogP contribution in [0.3, 0.4) is 0 Å².